The zero-order valence-corrected chi connectivity index (χ0v) is 17.4. The Kier molecular flexibility index (Phi) is 5.45. The second-order valence-corrected chi connectivity index (χ2v) is 7.10. The summed E-state index contributed by atoms with van der Waals surface area (Å²) >= 11 is 0. The van der Waals surface area contributed by atoms with Crippen LogP contribution < -0.4 is 9.47 Å². The minimum Gasteiger partial charge on any atom is -0.426 e. The highest BCUT2D eigenvalue weighted by molar-refractivity contribution is 5.94. The monoisotopic (exact) mass is 412 g/mol. The normalized spacial score (nSPS) is 10.7. The van der Waals surface area contributed by atoms with Gasteiger partial charge in [-0.1, -0.05) is 48.5 Å². The van der Waals surface area contributed by atoms with Gasteiger partial charge < -0.3 is 9.47 Å². The van der Waals surface area contributed by atoms with Crippen LogP contribution in [0.5, 0.6) is 11.5 Å². The Bertz CT molecular complexity index is 1260. The lowest BCUT2D eigenvalue weighted by Gasteiger charge is -2.16. The zero-order valence-electron chi connectivity index (χ0n) is 17.4. The molecule has 4 aromatic rings. The zero-order chi connectivity index (χ0) is 22.0. The van der Waals surface area contributed by atoms with E-state index in [2.05, 4.69) is 0 Å². The largest absolute Gasteiger partial charge is 0.426 e. The highest BCUT2D eigenvalue weighted by Crippen LogP contribution is 2.40. The predicted molar refractivity (Wildman–Crippen MR) is 118 cm³/mol. The van der Waals surface area contributed by atoms with E-state index in [9.17, 15) is 9.59 Å². The molecule has 4 rings (SSSR count). The molecule has 0 saturated carbocycles. The van der Waals surface area contributed by atoms with E-state index < -0.39 is 11.9 Å². The fourth-order valence-corrected chi connectivity index (χ4v) is 3.42. The molecule has 0 bridgehead atoms. The number of esters is 2. The molecular formula is C25H20N2O4. The summed E-state index contributed by atoms with van der Waals surface area (Å²) in [6, 6.07) is 20.8. The van der Waals surface area contributed by atoms with Crippen molar-refractivity contribution in [3.63, 3.8) is 0 Å². The molecule has 1 aromatic heterocycles. The molecule has 3 aromatic carbocycles. The van der Waals surface area contributed by atoms with Crippen molar-refractivity contribution < 1.29 is 19.1 Å². The van der Waals surface area contributed by atoms with E-state index in [4.69, 9.17) is 19.4 Å². The van der Waals surface area contributed by atoms with Gasteiger partial charge in [-0.15, -0.1) is 0 Å². The number of ether oxygens (including phenoxy) is 2. The smallest absolute Gasteiger partial charge is 0.308 e. The molecule has 0 N–H and O–H groups in total. The topological polar surface area (TPSA) is 78.4 Å². The Morgan fingerprint density at radius 2 is 1.35 bits per heavy atom. The summed E-state index contributed by atoms with van der Waals surface area (Å²) < 4.78 is 10.9. The first-order valence-corrected chi connectivity index (χ1v) is 9.76. The van der Waals surface area contributed by atoms with Crippen molar-refractivity contribution in [2.24, 2.45) is 0 Å². The van der Waals surface area contributed by atoms with E-state index in [0.29, 0.717) is 11.4 Å². The number of benzene rings is 3. The lowest BCUT2D eigenvalue weighted by Crippen LogP contribution is -2.08. The molecule has 6 nitrogen and oxygen atoms in total. The standard InChI is InChI=1S/C25H20N2O4/c1-15-13-21(30-16(2)28)23(22(14-15)31-17(3)29)25-26-20-12-8-7-11-19(20)24(27-25)18-9-5-4-6-10-18/h4-14H,1-3H3. The van der Waals surface area contributed by atoms with Crippen LogP contribution in [-0.2, 0) is 9.59 Å². The minimum atomic E-state index is -0.496. The number of aromatic nitrogens is 2. The average Bonchev–Trinajstić information content (AvgIpc) is 2.72. The molecule has 0 aliphatic heterocycles. The molecule has 1 heterocycles. The molecule has 0 aliphatic rings. The number of aryl methyl sites for hydroxylation is 1. The summed E-state index contributed by atoms with van der Waals surface area (Å²) in [7, 11) is 0. The van der Waals surface area contributed by atoms with Crippen LogP contribution in [0.1, 0.15) is 19.4 Å². The maximum absolute atomic E-state index is 11.8. The molecule has 154 valence electrons. The van der Waals surface area contributed by atoms with Crippen LogP contribution in [0, 0.1) is 6.92 Å². The van der Waals surface area contributed by atoms with Crippen molar-refractivity contribution in [2.45, 2.75) is 20.8 Å². The number of para-hydroxylation sites is 1. The van der Waals surface area contributed by atoms with Crippen LogP contribution in [0.2, 0.25) is 0 Å². The van der Waals surface area contributed by atoms with Gasteiger partial charge in [-0.2, -0.15) is 0 Å². The van der Waals surface area contributed by atoms with E-state index in [0.717, 1.165) is 27.7 Å². The molecule has 0 spiro atoms. The predicted octanol–water partition coefficient (Wildman–Crippen LogP) is 5.12. The molecule has 0 atom stereocenters. The number of carbonyl (C=O) groups is 2. The maximum atomic E-state index is 11.8. The van der Waals surface area contributed by atoms with E-state index in [1.54, 1.807) is 12.1 Å². The number of carbonyl (C=O) groups excluding carboxylic acids is 2. The minimum absolute atomic E-state index is 0.234. The Morgan fingerprint density at radius 1 is 0.774 bits per heavy atom. The van der Waals surface area contributed by atoms with Gasteiger partial charge in [0, 0.05) is 24.8 Å². The Hall–Kier alpha value is -4.06. The van der Waals surface area contributed by atoms with Crippen LogP contribution in [0.3, 0.4) is 0 Å². The Balaban J connectivity index is 2.05. The summed E-state index contributed by atoms with van der Waals surface area (Å²) in [5, 5.41) is 0.882. The van der Waals surface area contributed by atoms with E-state index in [-0.39, 0.29) is 11.5 Å². The van der Waals surface area contributed by atoms with Gasteiger partial charge >= 0.3 is 11.9 Å². The molecule has 0 unspecified atom stereocenters. The Labute approximate surface area is 179 Å². The van der Waals surface area contributed by atoms with Crippen molar-refractivity contribution in [1.82, 2.24) is 9.97 Å². The van der Waals surface area contributed by atoms with E-state index in [1.165, 1.54) is 13.8 Å². The highest BCUT2D eigenvalue weighted by Gasteiger charge is 2.22. The van der Waals surface area contributed by atoms with Crippen molar-refractivity contribution in [3.8, 4) is 34.1 Å². The van der Waals surface area contributed by atoms with Gasteiger partial charge in [0.25, 0.3) is 0 Å². The van der Waals surface area contributed by atoms with Gasteiger partial charge in [0.15, 0.2) is 5.82 Å². The SMILES string of the molecule is CC(=O)Oc1cc(C)cc(OC(C)=O)c1-c1nc(-c2ccccc2)c2ccccc2n1. The van der Waals surface area contributed by atoms with Crippen LogP contribution in [-0.4, -0.2) is 21.9 Å². The van der Waals surface area contributed by atoms with Crippen molar-refractivity contribution in [3.05, 3.63) is 72.3 Å². The molecule has 6 heteroatoms. The fourth-order valence-electron chi connectivity index (χ4n) is 3.42. The number of hydrogen-bond acceptors (Lipinski definition) is 6. The third-order valence-electron chi connectivity index (χ3n) is 4.59. The number of nitrogens with zero attached hydrogens (tertiary/aromatic N) is 2. The van der Waals surface area contributed by atoms with Crippen LogP contribution in [0.15, 0.2) is 66.7 Å². The number of rotatable bonds is 4. The van der Waals surface area contributed by atoms with Gasteiger partial charge in [0.1, 0.15) is 17.1 Å². The molecule has 0 saturated heterocycles. The molecule has 0 aliphatic carbocycles. The molecule has 0 amide bonds. The van der Waals surface area contributed by atoms with Gasteiger partial charge in [-0.05, 0) is 30.7 Å². The van der Waals surface area contributed by atoms with Gasteiger partial charge in [-0.25, -0.2) is 9.97 Å². The van der Waals surface area contributed by atoms with Crippen molar-refractivity contribution in [2.75, 3.05) is 0 Å². The lowest BCUT2D eigenvalue weighted by molar-refractivity contribution is -0.132. The van der Waals surface area contributed by atoms with Gasteiger partial charge in [0.2, 0.25) is 0 Å². The van der Waals surface area contributed by atoms with Crippen molar-refractivity contribution >= 4 is 22.8 Å². The number of fused-ring (bicyclic) bond motifs is 1. The van der Waals surface area contributed by atoms with Crippen molar-refractivity contribution in [1.29, 1.82) is 0 Å². The summed E-state index contributed by atoms with van der Waals surface area (Å²) in [6.45, 7) is 4.45. The first-order chi connectivity index (χ1) is 14.9. The molecule has 0 fully saturated rings. The van der Waals surface area contributed by atoms with Crippen LogP contribution in [0.4, 0.5) is 0 Å². The summed E-state index contributed by atoms with van der Waals surface area (Å²) in [4.78, 5) is 33.1. The maximum Gasteiger partial charge on any atom is 0.308 e. The molecule has 31 heavy (non-hydrogen) atoms. The van der Waals surface area contributed by atoms with Gasteiger partial charge in [-0.3, -0.25) is 9.59 Å². The lowest BCUT2D eigenvalue weighted by atomic mass is 10.0. The quantitative estimate of drug-likeness (QED) is 0.342. The molecular weight excluding hydrogens is 392 g/mol. The van der Waals surface area contributed by atoms with E-state index >= 15 is 0 Å². The highest BCUT2D eigenvalue weighted by atomic mass is 16.5. The third-order valence-corrected chi connectivity index (χ3v) is 4.59. The fraction of sp³-hybridized carbons (Fsp3) is 0.120. The summed E-state index contributed by atoms with van der Waals surface area (Å²) in [6.07, 6.45) is 0. The first-order valence-electron chi connectivity index (χ1n) is 9.76. The third kappa shape index (κ3) is 4.28. The second kappa shape index (κ2) is 8.36. The van der Waals surface area contributed by atoms with Crippen LogP contribution >= 0.6 is 0 Å². The van der Waals surface area contributed by atoms with Gasteiger partial charge in [0.05, 0.1) is 11.2 Å². The number of hydrogen-bond donors (Lipinski definition) is 0. The first kappa shape index (κ1) is 20.2. The Morgan fingerprint density at radius 3 is 1.97 bits per heavy atom. The van der Waals surface area contributed by atoms with E-state index in [1.807, 2.05) is 61.5 Å². The van der Waals surface area contributed by atoms with Crippen LogP contribution in [0.25, 0.3) is 33.5 Å². The summed E-state index contributed by atoms with van der Waals surface area (Å²) in [5.74, 6) is -0.226. The summed E-state index contributed by atoms with van der Waals surface area (Å²) in [5.41, 5.74) is 3.47. The second-order valence-electron chi connectivity index (χ2n) is 7.10. The average molecular weight is 412 g/mol. The molecule has 0 radical (unpaired) electrons.